The van der Waals surface area contributed by atoms with Crippen molar-refractivity contribution in [2.45, 2.75) is 44.2 Å². The van der Waals surface area contributed by atoms with Gasteiger partial charge in [0.2, 0.25) is 12.0 Å². The summed E-state index contributed by atoms with van der Waals surface area (Å²) < 4.78 is 11.5. The number of benzene rings is 1. The molecule has 0 radical (unpaired) electrons. The molecule has 1 saturated carbocycles. The van der Waals surface area contributed by atoms with Crippen LogP contribution in [0, 0.1) is 0 Å². The van der Waals surface area contributed by atoms with Crippen molar-refractivity contribution in [2.75, 3.05) is 39.3 Å². The van der Waals surface area contributed by atoms with Crippen molar-refractivity contribution in [2.24, 2.45) is 0 Å². The lowest BCUT2D eigenvalue weighted by atomic mass is 9.95. The zero-order valence-electron chi connectivity index (χ0n) is 16.3. The smallest absolute Gasteiger partial charge is 0.267 e. The molecule has 2 fully saturated rings. The summed E-state index contributed by atoms with van der Waals surface area (Å²) >= 11 is 0. The largest absolute Gasteiger partial charge is 0.485 e. The number of rotatable bonds is 4. The number of piperazine rings is 1. The second-order valence-electron chi connectivity index (χ2n) is 7.87. The van der Waals surface area contributed by atoms with Crippen molar-refractivity contribution in [1.82, 2.24) is 15.1 Å². The third-order valence-corrected chi connectivity index (χ3v) is 5.81. The molecule has 2 amide bonds. The van der Waals surface area contributed by atoms with Crippen LogP contribution in [-0.2, 0) is 9.59 Å². The lowest BCUT2D eigenvalue weighted by molar-refractivity contribution is -0.143. The van der Waals surface area contributed by atoms with Crippen LogP contribution in [-0.4, -0.2) is 73.1 Å². The average molecular weight is 387 g/mol. The highest BCUT2D eigenvalue weighted by molar-refractivity contribution is 5.82. The normalized spacial score (nSPS) is 23.3. The molecule has 28 heavy (non-hydrogen) atoms. The van der Waals surface area contributed by atoms with Gasteiger partial charge in [0, 0.05) is 32.2 Å². The molecule has 4 rings (SSSR count). The molecule has 1 atom stereocenters. The molecule has 7 heteroatoms. The van der Waals surface area contributed by atoms with E-state index in [2.05, 4.69) is 10.2 Å². The monoisotopic (exact) mass is 387 g/mol. The molecule has 1 saturated heterocycles. The van der Waals surface area contributed by atoms with E-state index in [4.69, 9.17) is 9.47 Å². The Morgan fingerprint density at radius 3 is 2.46 bits per heavy atom. The van der Waals surface area contributed by atoms with E-state index in [1.54, 1.807) is 0 Å². The van der Waals surface area contributed by atoms with Gasteiger partial charge in [-0.15, -0.1) is 0 Å². The number of fused-ring (bicyclic) bond motifs is 1. The lowest BCUT2D eigenvalue weighted by Gasteiger charge is -2.37. The van der Waals surface area contributed by atoms with E-state index in [1.165, 1.54) is 19.3 Å². The summed E-state index contributed by atoms with van der Waals surface area (Å²) in [6.07, 6.45) is 5.30. The van der Waals surface area contributed by atoms with E-state index in [0.29, 0.717) is 50.3 Å². The summed E-state index contributed by atoms with van der Waals surface area (Å²) in [5.41, 5.74) is 0. The maximum Gasteiger partial charge on any atom is 0.267 e. The van der Waals surface area contributed by atoms with Gasteiger partial charge in [0.1, 0.15) is 6.61 Å². The topological polar surface area (TPSA) is 71.1 Å². The molecule has 152 valence electrons. The molecule has 0 bridgehead atoms. The van der Waals surface area contributed by atoms with Crippen LogP contribution >= 0.6 is 0 Å². The Morgan fingerprint density at radius 2 is 1.71 bits per heavy atom. The Kier molecular flexibility index (Phi) is 6.00. The summed E-state index contributed by atoms with van der Waals surface area (Å²) in [4.78, 5) is 29.0. The number of hydrogen-bond acceptors (Lipinski definition) is 5. The molecule has 2 heterocycles. The van der Waals surface area contributed by atoms with E-state index in [1.807, 2.05) is 29.2 Å². The Labute approximate surface area is 166 Å². The lowest BCUT2D eigenvalue weighted by Crippen LogP contribution is -2.55. The zero-order valence-corrected chi connectivity index (χ0v) is 16.3. The van der Waals surface area contributed by atoms with Gasteiger partial charge in [0.15, 0.2) is 11.5 Å². The SMILES string of the molecule is O=C(CN1CCN(C(=O)[C@@H]2COc3ccccc3O2)CC1)NC1CCCCC1. The van der Waals surface area contributed by atoms with Gasteiger partial charge in [0.25, 0.3) is 5.91 Å². The molecule has 0 aromatic heterocycles. The van der Waals surface area contributed by atoms with Crippen LogP contribution in [0.4, 0.5) is 0 Å². The summed E-state index contributed by atoms with van der Waals surface area (Å²) in [6.45, 7) is 3.27. The van der Waals surface area contributed by atoms with Crippen molar-refractivity contribution >= 4 is 11.8 Å². The van der Waals surface area contributed by atoms with Crippen molar-refractivity contribution in [1.29, 1.82) is 0 Å². The van der Waals surface area contributed by atoms with Crippen LogP contribution in [0.3, 0.4) is 0 Å². The number of ether oxygens (including phenoxy) is 2. The second kappa shape index (κ2) is 8.82. The number of para-hydroxylation sites is 2. The number of hydrogen-bond donors (Lipinski definition) is 1. The fourth-order valence-electron chi connectivity index (χ4n) is 4.19. The number of amides is 2. The van der Waals surface area contributed by atoms with Gasteiger partial charge < -0.3 is 19.7 Å². The van der Waals surface area contributed by atoms with E-state index in [0.717, 1.165) is 12.8 Å². The predicted molar refractivity (Wildman–Crippen MR) is 104 cm³/mol. The van der Waals surface area contributed by atoms with Crippen LogP contribution in [0.25, 0.3) is 0 Å². The van der Waals surface area contributed by atoms with E-state index in [9.17, 15) is 9.59 Å². The van der Waals surface area contributed by atoms with Gasteiger partial charge in [-0.25, -0.2) is 0 Å². The first-order valence-electron chi connectivity index (χ1n) is 10.4. The fourth-order valence-corrected chi connectivity index (χ4v) is 4.19. The second-order valence-corrected chi connectivity index (χ2v) is 7.87. The average Bonchev–Trinajstić information content (AvgIpc) is 2.74. The highest BCUT2D eigenvalue weighted by atomic mass is 16.6. The number of carbonyl (C=O) groups is 2. The quantitative estimate of drug-likeness (QED) is 0.846. The number of nitrogens with zero attached hydrogens (tertiary/aromatic N) is 2. The molecule has 1 aliphatic carbocycles. The Balaban J connectivity index is 1.22. The molecule has 1 N–H and O–H groups in total. The van der Waals surface area contributed by atoms with Crippen LogP contribution < -0.4 is 14.8 Å². The third kappa shape index (κ3) is 4.58. The summed E-state index contributed by atoms with van der Waals surface area (Å²) in [7, 11) is 0. The van der Waals surface area contributed by atoms with Crippen molar-refractivity contribution < 1.29 is 19.1 Å². The first-order chi connectivity index (χ1) is 13.7. The first-order valence-corrected chi connectivity index (χ1v) is 10.4. The zero-order chi connectivity index (χ0) is 19.3. The minimum absolute atomic E-state index is 0.0409. The van der Waals surface area contributed by atoms with Crippen LogP contribution in [0.15, 0.2) is 24.3 Å². The molecule has 7 nitrogen and oxygen atoms in total. The van der Waals surface area contributed by atoms with Crippen LogP contribution in [0.2, 0.25) is 0 Å². The first kappa shape index (κ1) is 19.1. The maximum absolute atomic E-state index is 12.8. The molecule has 0 unspecified atom stereocenters. The number of nitrogens with one attached hydrogen (secondary N) is 1. The van der Waals surface area contributed by atoms with Gasteiger partial charge in [-0.2, -0.15) is 0 Å². The molecule has 2 aliphatic heterocycles. The van der Waals surface area contributed by atoms with Gasteiger partial charge >= 0.3 is 0 Å². The molecular formula is C21H29N3O4. The van der Waals surface area contributed by atoms with Gasteiger partial charge in [0.05, 0.1) is 6.54 Å². The van der Waals surface area contributed by atoms with Crippen LogP contribution in [0.5, 0.6) is 11.5 Å². The molecular weight excluding hydrogens is 358 g/mol. The van der Waals surface area contributed by atoms with Crippen molar-refractivity contribution in [3.05, 3.63) is 24.3 Å². The Hall–Kier alpha value is -2.28. The predicted octanol–water partition coefficient (Wildman–Crippen LogP) is 1.42. The van der Waals surface area contributed by atoms with Gasteiger partial charge in [-0.3, -0.25) is 14.5 Å². The highest BCUT2D eigenvalue weighted by Crippen LogP contribution is 2.31. The Morgan fingerprint density at radius 1 is 1.00 bits per heavy atom. The van der Waals surface area contributed by atoms with Crippen molar-refractivity contribution in [3.63, 3.8) is 0 Å². The van der Waals surface area contributed by atoms with E-state index in [-0.39, 0.29) is 18.4 Å². The highest BCUT2D eigenvalue weighted by Gasteiger charge is 2.33. The summed E-state index contributed by atoms with van der Waals surface area (Å²) in [5.74, 6) is 1.36. The van der Waals surface area contributed by atoms with Gasteiger partial charge in [-0.05, 0) is 25.0 Å². The fraction of sp³-hybridized carbons (Fsp3) is 0.619. The Bertz CT molecular complexity index is 697. The molecule has 1 aromatic carbocycles. The minimum Gasteiger partial charge on any atom is -0.485 e. The maximum atomic E-state index is 12.8. The third-order valence-electron chi connectivity index (χ3n) is 5.81. The standard InChI is InChI=1S/C21H29N3O4/c25-20(22-16-6-2-1-3-7-16)14-23-10-12-24(13-11-23)21(26)19-15-27-17-8-4-5-9-18(17)28-19/h4-5,8-9,16,19H,1-3,6-7,10-15H2,(H,22,25)/t19-/m0/s1. The van der Waals surface area contributed by atoms with Crippen molar-refractivity contribution in [3.8, 4) is 11.5 Å². The summed E-state index contributed by atoms with van der Waals surface area (Å²) in [6, 6.07) is 7.75. The molecule has 1 aromatic rings. The number of carbonyl (C=O) groups excluding carboxylic acids is 2. The molecule has 3 aliphatic rings. The van der Waals surface area contributed by atoms with Crippen LogP contribution in [0.1, 0.15) is 32.1 Å². The molecule has 0 spiro atoms. The summed E-state index contributed by atoms with van der Waals surface area (Å²) in [5, 5.41) is 3.16. The van der Waals surface area contributed by atoms with Gasteiger partial charge in [-0.1, -0.05) is 31.4 Å². The van der Waals surface area contributed by atoms with E-state index >= 15 is 0 Å². The minimum atomic E-state index is -0.601. The van der Waals surface area contributed by atoms with E-state index < -0.39 is 6.10 Å².